The van der Waals surface area contributed by atoms with Gasteiger partial charge < -0.3 is 9.84 Å². The summed E-state index contributed by atoms with van der Waals surface area (Å²) in [5.41, 5.74) is 1.07. The van der Waals surface area contributed by atoms with Crippen LogP contribution in [-0.2, 0) is 9.59 Å². The third-order valence-electron chi connectivity index (χ3n) is 4.97. The normalized spacial score (nSPS) is 17.8. The molecule has 2 aromatic heterocycles. The van der Waals surface area contributed by atoms with E-state index >= 15 is 0 Å². The minimum absolute atomic E-state index is 0.0112. The van der Waals surface area contributed by atoms with Gasteiger partial charge in [0.15, 0.2) is 5.13 Å². The number of Topliss-reactive ketones (excluding diaryl/α,β-unsaturated/α-hetero) is 1. The van der Waals surface area contributed by atoms with Crippen LogP contribution in [0.15, 0.2) is 65.9 Å². The average Bonchev–Trinajstić information content (AvgIpc) is 3.41. The van der Waals surface area contributed by atoms with Crippen LogP contribution in [0.5, 0.6) is 5.75 Å². The lowest BCUT2D eigenvalue weighted by molar-refractivity contribution is -0.132. The zero-order chi connectivity index (χ0) is 21.8. The van der Waals surface area contributed by atoms with Crippen molar-refractivity contribution in [2.75, 3.05) is 11.5 Å². The highest BCUT2D eigenvalue weighted by molar-refractivity contribution is 7.14. The summed E-state index contributed by atoms with van der Waals surface area (Å²) in [5, 5.41) is 13.3. The van der Waals surface area contributed by atoms with Crippen molar-refractivity contribution in [2.24, 2.45) is 0 Å². The predicted molar refractivity (Wildman–Crippen MR) is 118 cm³/mol. The number of aliphatic hydroxyl groups excluding tert-OH is 1. The topological polar surface area (TPSA) is 92.6 Å². The molecule has 7 nitrogen and oxygen atoms in total. The number of aliphatic hydroxyl groups is 1. The zero-order valence-corrected chi connectivity index (χ0v) is 17.7. The Bertz CT molecular complexity index is 1110. The third-order valence-corrected chi connectivity index (χ3v) is 5.74. The minimum atomic E-state index is -0.807. The molecule has 0 spiro atoms. The second kappa shape index (κ2) is 9.09. The quantitative estimate of drug-likeness (QED) is 0.257. The van der Waals surface area contributed by atoms with Crippen LogP contribution in [0.2, 0.25) is 0 Å². The molecule has 4 rings (SSSR count). The van der Waals surface area contributed by atoms with Crippen molar-refractivity contribution in [3.63, 3.8) is 0 Å². The molecule has 3 heterocycles. The number of carbonyl (C=O) groups excluding carboxylic acids is 2. The Morgan fingerprint density at radius 1 is 1.19 bits per heavy atom. The van der Waals surface area contributed by atoms with Gasteiger partial charge >= 0.3 is 5.91 Å². The monoisotopic (exact) mass is 435 g/mol. The number of amides is 1. The SMILES string of the molecule is CCCCOc1cccc(C(O)=C2C(=O)C(=O)N(c3nccs3)C2c2ccncc2)c1. The Labute approximate surface area is 183 Å². The van der Waals surface area contributed by atoms with Crippen molar-refractivity contribution in [1.82, 2.24) is 9.97 Å². The highest BCUT2D eigenvalue weighted by Crippen LogP contribution is 2.42. The number of nitrogens with zero attached hydrogens (tertiary/aromatic N) is 3. The lowest BCUT2D eigenvalue weighted by atomic mass is 9.96. The number of thiazole rings is 1. The second-order valence-electron chi connectivity index (χ2n) is 6.99. The van der Waals surface area contributed by atoms with E-state index in [-0.39, 0.29) is 11.3 Å². The molecule has 8 heteroatoms. The number of ketones is 1. The van der Waals surface area contributed by atoms with Gasteiger partial charge in [0.25, 0.3) is 5.78 Å². The van der Waals surface area contributed by atoms with Gasteiger partial charge in [-0.15, -0.1) is 11.3 Å². The van der Waals surface area contributed by atoms with Gasteiger partial charge in [0, 0.05) is 29.5 Å². The molecule has 0 aliphatic carbocycles. The summed E-state index contributed by atoms with van der Waals surface area (Å²) in [6.07, 6.45) is 6.65. The molecule has 0 radical (unpaired) electrons. The van der Waals surface area contributed by atoms with E-state index in [0.29, 0.717) is 28.6 Å². The minimum Gasteiger partial charge on any atom is -0.507 e. The van der Waals surface area contributed by atoms with Crippen LogP contribution in [0, 0.1) is 0 Å². The fourth-order valence-corrected chi connectivity index (χ4v) is 4.12. The summed E-state index contributed by atoms with van der Waals surface area (Å²) in [4.78, 5) is 35.5. The molecule has 1 N–H and O–H groups in total. The molecule has 1 fully saturated rings. The molecule has 1 amide bonds. The van der Waals surface area contributed by atoms with Gasteiger partial charge in [-0.25, -0.2) is 4.98 Å². The molecular weight excluding hydrogens is 414 g/mol. The summed E-state index contributed by atoms with van der Waals surface area (Å²) in [7, 11) is 0. The van der Waals surface area contributed by atoms with Crippen molar-refractivity contribution < 1.29 is 19.4 Å². The molecule has 3 aromatic rings. The molecule has 1 aliphatic heterocycles. The van der Waals surface area contributed by atoms with Crippen LogP contribution in [0.4, 0.5) is 5.13 Å². The number of anilines is 1. The summed E-state index contributed by atoms with van der Waals surface area (Å²) in [6, 6.07) is 9.52. The van der Waals surface area contributed by atoms with Gasteiger partial charge in [-0.2, -0.15) is 0 Å². The van der Waals surface area contributed by atoms with Crippen molar-refractivity contribution in [3.8, 4) is 5.75 Å². The Balaban J connectivity index is 1.81. The maximum absolute atomic E-state index is 13.0. The fourth-order valence-electron chi connectivity index (χ4n) is 3.45. The summed E-state index contributed by atoms with van der Waals surface area (Å²) >= 11 is 1.25. The predicted octanol–water partition coefficient (Wildman–Crippen LogP) is 4.34. The van der Waals surface area contributed by atoms with Gasteiger partial charge in [0.05, 0.1) is 18.2 Å². The van der Waals surface area contributed by atoms with Gasteiger partial charge in [0.2, 0.25) is 0 Å². The molecule has 1 atom stereocenters. The fraction of sp³-hybridized carbons (Fsp3) is 0.217. The highest BCUT2D eigenvalue weighted by atomic mass is 32.1. The van der Waals surface area contributed by atoms with Gasteiger partial charge in [-0.1, -0.05) is 25.5 Å². The van der Waals surface area contributed by atoms with Gasteiger partial charge in [0.1, 0.15) is 11.5 Å². The zero-order valence-electron chi connectivity index (χ0n) is 16.9. The molecule has 0 saturated carbocycles. The average molecular weight is 436 g/mol. The summed E-state index contributed by atoms with van der Waals surface area (Å²) in [5.74, 6) is -1.15. The van der Waals surface area contributed by atoms with Gasteiger partial charge in [-0.05, 0) is 36.2 Å². The maximum atomic E-state index is 13.0. The van der Waals surface area contributed by atoms with E-state index in [1.807, 2.05) is 0 Å². The van der Waals surface area contributed by atoms with E-state index in [0.717, 1.165) is 12.8 Å². The van der Waals surface area contributed by atoms with E-state index in [9.17, 15) is 14.7 Å². The number of aromatic nitrogens is 2. The standard InChI is InChI=1S/C23H21N3O4S/c1-2-3-12-30-17-6-4-5-16(14-17)20(27)18-19(15-7-9-24-10-8-15)26(22(29)21(18)28)23-25-11-13-31-23/h4-11,13-14,19,27H,2-3,12H2,1H3. The number of unbranched alkanes of at least 4 members (excludes halogenated alkanes) is 1. The number of pyridine rings is 1. The first kappa shape index (κ1) is 20.7. The van der Waals surface area contributed by atoms with Crippen molar-refractivity contribution >= 4 is 33.9 Å². The van der Waals surface area contributed by atoms with Crippen LogP contribution in [-0.4, -0.2) is 33.4 Å². The maximum Gasteiger partial charge on any atom is 0.301 e. The first-order valence-electron chi connectivity index (χ1n) is 9.95. The molecule has 158 valence electrons. The first-order valence-corrected chi connectivity index (χ1v) is 10.8. The molecule has 1 aliphatic rings. The van der Waals surface area contributed by atoms with Crippen LogP contribution in [0.1, 0.15) is 36.9 Å². The van der Waals surface area contributed by atoms with E-state index in [4.69, 9.17) is 4.74 Å². The molecule has 31 heavy (non-hydrogen) atoms. The number of rotatable bonds is 7. The summed E-state index contributed by atoms with van der Waals surface area (Å²) < 4.78 is 5.73. The third kappa shape index (κ3) is 4.06. The number of ether oxygens (including phenoxy) is 1. The molecule has 0 bridgehead atoms. The van der Waals surface area contributed by atoms with E-state index in [2.05, 4.69) is 16.9 Å². The van der Waals surface area contributed by atoms with Crippen LogP contribution < -0.4 is 9.64 Å². The molecule has 1 aromatic carbocycles. The Hall–Kier alpha value is -3.52. The molecular formula is C23H21N3O4S. The highest BCUT2D eigenvalue weighted by Gasteiger charge is 2.47. The lowest BCUT2D eigenvalue weighted by Gasteiger charge is -2.22. The van der Waals surface area contributed by atoms with E-state index in [1.54, 1.807) is 60.4 Å². The lowest BCUT2D eigenvalue weighted by Crippen LogP contribution is -2.29. The van der Waals surface area contributed by atoms with E-state index < -0.39 is 17.7 Å². The van der Waals surface area contributed by atoms with Crippen molar-refractivity contribution in [3.05, 3.63) is 77.1 Å². The van der Waals surface area contributed by atoms with Gasteiger partial charge in [-0.3, -0.25) is 19.5 Å². The van der Waals surface area contributed by atoms with Crippen molar-refractivity contribution in [1.29, 1.82) is 0 Å². The first-order chi connectivity index (χ1) is 15.1. The van der Waals surface area contributed by atoms with Crippen LogP contribution >= 0.6 is 11.3 Å². The summed E-state index contributed by atoms with van der Waals surface area (Å²) in [6.45, 7) is 2.64. The Kier molecular flexibility index (Phi) is 6.08. The van der Waals surface area contributed by atoms with Crippen molar-refractivity contribution in [2.45, 2.75) is 25.8 Å². The number of hydrogen-bond acceptors (Lipinski definition) is 7. The Morgan fingerprint density at radius 2 is 2.00 bits per heavy atom. The number of hydrogen-bond donors (Lipinski definition) is 1. The molecule has 1 unspecified atom stereocenters. The van der Waals surface area contributed by atoms with Crippen LogP contribution in [0.3, 0.4) is 0 Å². The smallest absolute Gasteiger partial charge is 0.301 e. The largest absolute Gasteiger partial charge is 0.507 e. The second-order valence-corrected chi connectivity index (χ2v) is 7.87. The number of carbonyl (C=O) groups is 2. The van der Waals surface area contributed by atoms with Crippen LogP contribution in [0.25, 0.3) is 5.76 Å². The van der Waals surface area contributed by atoms with E-state index in [1.165, 1.54) is 16.2 Å². The number of benzene rings is 1. The molecule has 1 saturated heterocycles. The Morgan fingerprint density at radius 3 is 2.71 bits per heavy atom.